The summed E-state index contributed by atoms with van der Waals surface area (Å²) >= 11 is 1.56. The quantitative estimate of drug-likeness (QED) is 0.830. The van der Waals surface area contributed by atoms with Crippen molar-refractivity contribution in [3.63, 3.8) is 0 Å². The number of carboxylic acid groups (broad SMARTS) is 1. The van der Waals surface area contributed by atoms with Crippen molar-refractivity contribution in [1.29, 1.82) is 0 Å². The minimum absolute atomic E-state index is 0.0152. The smallest absolute Gasteiger partial charge is 0.339 e. The van der Waals surface area contributed by atoms with Crippen molar-refractivity contribution in [1.82, 2.24) is 4.90 Å². The Bertz CT molecular complexity index is 738. The molecule has 0 aliphatic heterocycles. The van der Waals surface area contributed by atoms with Gasteiger partial charge < -0.3 is 14.4 Å². The van der Waals surface area contributed by atoms with E-state index in [1.54, 1.807) is 30.6 Å². The lowest BCUT2D eigenvalue weighted by Crippen LogP contribution is -2.27. The van der Waals surface area contributed by atoms with E-state index in [1.807, 2.05) is 25.1 Å². The predicted octanol–water partition coefficient (Wildman–Crippen LogP) is 3.49. The summed E-state index contributed by atoms with van der Waals surface area (Å²) in [4.78, 5) is 24.7. The van der Waals surface area contributed by atoms with Crippen LogP contribution in [0.15, 0.2) is 34.7 Å². The molecule has 2 rings (SSSR count). The standard InChI is InChI=1S/C18H21NO4S/c1-12-5-4-6-14(7-12)10-24-11-17(20)19(3)9-15-8-16(18(21)22)13(2)23-15/h4-8H,9-11H2,1-3H3,(H,21,22). The SMILES string of the molecule is Cc1cccc(CSCC(=O)N(C)Cc2cc(C(=O)O)c(C)o2)c1. The van der Waals surface area contributed by atoms with Crippen LogP contribution in [-0.2, 0) is 17.1 Å². The molecule has 6 heteroatoms. The van der Waals surface area contributed by atoms with Crippen LogP contribution in [0.25, 0.3) is 0 Å². The van der Waals surface area contributed by atoms with Crippen LogP contribution in [0.5, 0.6) is 0 Å². The normalized spacial score (nSPS) is 10.6. The number of hydrogen-bond acceptors (Lipinski definition) is 4. The van der Waals surface area contributed by atoms with Gasteiger partial charge in [-0.05, 0) is 25.5 Å². The Balaban J connectivity index is 1.84. The molecular formula is C18H21NO4S. The Morgan fingerprint density at radius 2 is 2.00 bits per heavy atom. The molecule has 24 heavy (non-hydrogen) atoms. The van der Waals surface area contributed by atoms with E-state index >= 15 is 0 Å². The molecule has 0 saturated heterocycles. The first-order valence-electron chi connectivity index (χ1n) is 7.56. The number of furan rings is 1. The van der Waals surface area contributed by atoms with Crippen LogP contribution in [0.3, 0.4) is 0 Å². The molecule has 5 nitrogen and oxygen atoms in total. The molecule has 0 aliphatic carbocycles. The van der Waals surface area contributed by atoms with E-state index in [0.29, 0.717) is 17.3 Å². The number of carboxylic acids is 1. The lowest BCUT2D eigenvalue weighted by molar-refractivity contribution is -0.127. The van der Waals surface area contributed by atoms with Crippen molar-refractivity contribution >= 4 is 23.6 Å². The fourth-order valence-electron chi connectivity index (χ4n) is 2.32. The highest BCUT2D eigenvalue weighted by molar-refractivity contribution is 7.99. The number of amides is 1. The molecule has 1 aromatic carbocycles. The number of hydrogen-bond donors (Lipinski definition) is 1. The summed E-state index contributed by atoms with van der Waals surface area (Å²) in [5, 5.41) is 9.02. The van der Waals surface area contributed by atoms with Gasteiger partial charge in [-0.3, -0.25) is 4.79 Å². The molecule has 0 fully saturated rings. The summed E-state index contributed by atoms with van der Waals surface area (Å²) in [6, 6.07) is 9.69. The minimum Gasteiger partial charge on any atom is -0.478 e. The van der Waals surface area contributed by atoms with Gasteiger partial charge in [0.25, 0.3) is 0 Å². The zero-order valence-electron chi connectivity index (χ0n) is 14.0. The largest absolute Gasteiger partial charge is 0.478 e. The number of thioether (sulfide) groups is 1. The second-order valence-corrected chi connectivity index (χ2v) is 6.70. The third-order valence-electron chi connectivity index (χ3n) is 3.59. The fourth-order valence-corrected chi connectivity index (χ4v) is 3.24. The molecule has 0 spiro atoms. The molecule has 0 unspecified atom stereocenters. The van der Waals surface area contributed by atoms with Gasteiger partial charge in [-0.25, -0.2) is 4.79 Å². The van der Waals surface area contributed by atoms with Crippen molar-refractivity contribution in [2.24, 2.45) is 0 Å². The van der Waals surface area contributed by atoms with Gasteiger partial charge in [-0.1, -0.05) is 29.8 Å². The highest BCUT2D eigenvalue weighted by Gasteiger charge is 2.16. The molecule has 2 aromatic rings. The van der Waals surface area contributed by atoms with Gasteiger partial charge in [0.2, 0.25) is 5.91 Å². The van der Waals surface area contributed by atoms with E-state index in [4.69, 9.17) is 9.52 Å². The zero-order chi connectivity index (χ0) is 17.7. The summed E-state index contributed by atoms with van der Waals surface area (Å²) < 4.78 is 5.40. The Morgan fingerprint density at radius 1 is 1.25 bits per heavy atom. The van der Waals surface area contributed by atoms with Gasteiger partial charge in [0.15, 0.2) is 0 Å². The molecule has 1 aromatic heterocycles. The second kappa shape index (κ2) is 8.06. The Hall–Kier alpha value is -2.21. The molecule has 0 atom stereocenters. The molecule has 0 saturated carbocycles. The summed E-state index contributed by atoms with van der Waals surface area (Å²) in [6.07, 6.45) is 0. The van der Waals surface area contributed by atoms with Crippen molar-refractivity contribution in [2.45, 2.75) is 26.1 Å². The first-order chi connectivity index (χ1) is 11.4. The number of nitrogens with zero attached hydrogens (tertiary/aromatic N) is 1. The summed E-state index contributed by atoms with van der Waals surface area (Å²) in [7, 11) is 1.69. The van der Waals surface area contributed by atoms with Gasteiger partial charge in [-0.15, -0.1) is 11.8 Å². The molecule has 1 N–H and O–H groups in total. The maximum absolute atomic E-state index is 12.2. The molecular weight excluding hydrogens is 326 g/mol. The average Bonchev–Trinajstić information content (AvgIpc) is 2.88. The number of carbonyl (C=O) groups excluding carboxylic acids is 1. The Labute approximate surface area is 145 Å². The van der Waals surface area contributed by atoms with Crippen LogP contribution in [0.4, 0.5) is 0 Å². The molecule has 128 valence electrons. The molecule has 0 aliphatic rings. The summed E-state index contributed by atoms with van der Waals surface area (Å²) in [5.74, 6) is 0.945. The van der Waals surface area contributed by atoms with Crippen molar-refractivity contribution in [3.05, 3.63) is 58.5 Å². The monoisotopic (exact) mass is 347 g/mol. The average molecular weight is 347 g/mol. The van der Waals surface area contributed by atoms with Crippen molar-refractivity contribution < 1.29 is 19.1 Å². The molecule has 1 heterocycles. The first kappa shape index (κ1) is 18.1. The number of aryl methyl sites for hydroxylation is 2. The van der Waals surface area contributed by atoms with Gasteiger partial charge in [0, 0.05) is 12.8 Å². The van der Waals surface area contributed by atoms with E-state index < -0.39 is 5.97 Å². The number of benzene rings is 1. The van der Waals surface area contributed by atoms with Crippen LogP contribution in [0, 0.1) is 13.8 Å². The summed E-state index contributed by atoms with van der Waals surface area (Å²) in [6.45, 7) is 3.91. The van der Waals surface area contributed by atoms with Crippen LogP contribution < -0.4 is 0 Å². The van der Waals surface area contributed by atoms with E-state index in [1.165, 1.54) is 17.2 Å². The van der Waals surface area contributed by atoms with E-state index in [9.17, 15) is 9.59 Å². The van der Waals surface area contributed by atoms with Gasteiger partial charge in [0.1, 0.15) is 17.1 Å². The number of aromatic carboxylic acids is 1. The van der Waals surface area contributed by atoms with Gasteiger partial charge >= 0.3 is 5.97 Å². The van der Waals surface area contributed by atoms with Crippen LogP contribution in [0.2, 0.25) is 0 Å². The van der Waals surface area contributed by atoms with Crippen LogP contribution in [-0.4, -0.2) is 34.7 Å². The molecule has 0 bridgehead atoms. The van der Waals surface area contributed by atoms with Gasteiger partial charge in [0.05, 0.1) is 12.3 Å². The molecule has 1 amide bonds. The second-order valence-electron chi connectivity index (χ2n) is 5.72. The highest BCUT2D eigenvalue weighted by Crippen LogP contribution is 2.17. The van der Waals surface area contributed by atoms with Crippen LogP contribution in [0.1, 0.15) is 33.0 Å². The predicted molar refractivity (Wildman–Crippen MR) is 94.2 cm³/mol. The third kappa shape index (κ3) is 4.89. The molecule has 0 radical (unpaired) electrons. The zero-order valence-corrected chi connectivity index (χ0v) is 14.9. The Kier molecular flexibility index (Phi) is 6.09. The van der Waals surface area contributed by atoms with Crippen molar-refractivity contribution in [3.8, 4) is 0 Å². The van der Waals surface area contributed by atoms with E-state index in [-0.39, 0.29) is 18.0 Å². The highest BCUT2D eigenvalue weighted by atomic mass is 32.2. The van der Waals surface area contributed by atoms with E-state index in [2.05, 4.69) is 6.07 Å². The van der Waals surface area contributed by atoms with Gasteiger partial charge in [-0.2, -0.15) is 0 Å². The topological polar surface area (TPSA) is 70.8 Å². The maximum atomic E-state index is 12.2. The minimum atomic E-state index is -1.02. The Morgan fingerprint density at radius 3 is 2.62 bits per heavy atom. The third-order valence-corrected chi connectivity index (χ3v) is 4.58. The fraction of sp³-hybridized carbons (Fsp3) is 0.333. The van der Waals surface area contributed by atoms with Crippen molar-refractivity contribution in [2.75, 3.05) is 12.8 Å². The maximum Gasteiger partial charge on any atom is 0.339 e. The van der Waals surface area contributed by atoms with Crippen LogP contribution >= 0.6 is 11.8 Å². The first-order valence-corrected chi connectivity index (χ1v) is 8.72. The van der Waals surface area contributed by atoms with E-state index in [0.717, 1.165) is 5.75 Å². The number of carbonyl (C=O) groups is 2. The lowest BCUT2D eigenvalue weighted by atomic mass is 10.2. The lowest BCUT2D eigenvalue weighted by Gasteiger charge is -2.15. The summed E-state index contributed by atoms with van der Waals surface area (Å²) in [5.41, 5.74) is 2.54. The number of rotatable bonds is 7.